The molecule has 0 saturated heterocycles. The van der Waals surface area contributed by atoms with Crippen molar-refractivity contribution in [3.63, 3.8) is 0 Å². The summed E-state index contributed by atoms with van der Waals surface area (Å²) in [6, 6.07) is -0.811. The van der Waals surface area contributed by atoms with Crippen LogP contribution >= 0.6 is 0 Å². The van der Waals surface area contributed by atoms with Crippen LogP contribution < -0.4 is 5.32 Å². The number of esters is 2. The van der Waals surface area contributed by atoms with Crippen molar-refractivity contribution in [1.82, 2.24) is 5.32 Å². The molecule has 0 aliphatic carbocycles. The van der Waals surface area contributed by atoms with Crippen LogP contribution in [0.4, 0.5) is 4.79 Å². The number of carbonyl (C=O) groups is 3. The van der Waals surface area contributed by atoms with Crippen LogP contribution in [0.5, 0.6) is 0 Å². The van der Waals surface area contributed by atoms with Gasteiger partial charge in [0, 0.05) is 25.4 Å². The zero-order valence-electron chi connectivity index (χ0n) is 16.6. The summed E-state index contributed by atoms with van der Waals surface area (Å²) in [5.74, 6) is -1.34. The van der Waals surface area contributed by atoms with Crippen LogP contribution in [0.2, 0.25) is 0 Å². The number of carbonyl (C=O) groups excluding carboxylic acids is 3. The molecule has 0 unspecified atom stereocenters. The molecule has 0 bridgehead atoms. The van der Waals surface area contributed by atoms with Gasteiger partial charge in [0.25, 0.3) is 0 Å². The van der Waals surface area contributed by atoms with Gasteiger partial charge in [0.05, 0.1) is 13.2 Å². The van der Waals surface area contributed by atoms with Crippen LogP contribution in [0.15, 0.2) is 25.3 Å². The van der Waals surface area contributed by atoms with Crippen LogP contribution in [-0.4, -0.2) is 69.8 Å². The number of amides is 1. The SMILES string of the molecule is C=CC(=O)OCC(COC(=O)C=C)NC(=O)OC(COCCC)COCCC. The predicted octanol–water partition coefficient (Wildman–Crippen LogP) is 1.76. The largest absolute Gasteiger partial charge is 0.460 e. The van der Waals surface area contributed by atoms with E-state index in [9.17, 15) is 14.4 Å². The monoisotopic (exact) mass is 401 g/mol. The minimum absolute atomic E-state index is 0.187. The second kappa shape index (κ2) is 16.8. The summed E-state index contributed by atoms with van der Waals surface area (Å²) in [7, 11) is 0. The highest BCUT2D eigenvalue weighted by Gasteiger charge is 2.20. The first-order valence-electron chi connectivity index (χ1n) is 9.17. The maximum Gasteiger partial charge on any atom is 0.408 e. The second-order valence-electron chi connectivity index (χ2n) is 5.69. The fourth-order valence-electron chi connectivity index (χ4n) is 1.80. The number of hydrogen-bond donors (Lipinski definition) is 1. The number of alkyl carbamates (subject to hydrolysis) is 1. The highest BCUT2D eigenvalue weighted by atomic mass is 16.6. The normalized spacial score (nSPS) is 10.4. The molecule has 1 amide bonds. The lowest BCUT2D eigenvalue weighted by atomic mass is 10.3. The number of hydrogen-bond acceptors (Lipinski definition) is 8. The van der Waals surface area contributed by atoms with Gasteiger partial charge in [-0.25, -0.2) is 14.4 Å². The van der Waals surface area contributed by atoms with E-state index in [0.29, 0.717) is 13.2 Å². The van der Waals surface area contributed by atoms with Crippen molar-refractivity contribution in [2.24, 2.45) is 0 Å². The van der Waals surface area contributed by atoms with E-state index in [4.69, 9.17) is 23.7 Å². The molecule has 0 aromatic carbocycles. The lowest BCUT2D eigenvalue weighted by Gasteiger charge is -2.21. The molecule has 0 aromatic rings. The van der Waals surface area contributed by atoms with Crippen molar-refractivity contribution < 1.29 is 38.1 Å². The molecule has 9 nitrogen and oxygen atoms in total. The maximum absolute atomic E-state index is 12.2. The molecule has 0 saturated carbocycles. The molecule has 0 aliphatic rings. The zero-order valence-corrected chi connectivity index (χ0v) is 16.6. The Bertz CT molecular complexity index is 460. The Hall–Kier alpha value is -2.39. The van der Waals surface area contributed by atoms with Gasteiger partial charge in [-0.3, -0.25) is 0 Å². The fraction of sp³-hybridized carbons (Fsp3) is 0.632. The predicted molar refractivity (Wildman–Crippen MR) is 102 cm³/mol. The average Bonchev–Trinajstić information content (AvgIpc) is 2.69. The van der Waals surface area contributed by atoms with Gasteiger partial charge < -0.3 is 29.0 Å². The molecule has 0 aromatic heterocycles. The summed E-state index contributed by atoms with van der Waals surface area (Å²) >= 11 is 0. The van der Waals surface area contributed by atoms with Gasteiger partial charge in [-0.05, 0) is 12.8 Å². The first-order chi connectivity index (χ1) is 13.5. The van der Waals surface area contributed by atoms with E-state index < -0.39 is 30.2 Å². The highest BCUT2D eigenvalue weighted by Crippen LogP contribution is 2.00. The van der Waals surface area contributed by atoms with Crippen LogP contribution in [0.3, 0.4) is 0 Å². The molecular formula is C19H31NO8. The molecule has 0 spiro atoms. The molecule has 9 heteroatoms. The van der Waals surface area contributed by atoms with Gasteiger partial charge in [-0.1, -0.05) is 27.0 Å². The molecule has 0 rings (SSSR count). The second-order valence-corrected chi connectivity index (χ2v) is 5.69. The minimum Gasteiger partial charge on any atom is -0.460 e. The zero-order chi connectivity index (χ0) is 21.2. The standard InChI is InChI=1S/C19H31NO8/c1-5-9-24-13-16(14-25-10-6-2)28-19(23)20-15(11-26-17(21)7-3)12-27-18(22)8-4/h7-8,15-16H,3-6,9-14H2,1-2H3,(H,20,23). The number of rotatable bonds is 16. The van der Waals surface area contributed by atoms with Crippen molar-refractivity contribution in [3.8, 4) is 0 Å². The molecular weight excluding hydrogens is 370 g/mol. The Morgan fingerprint density at radius 2 is 1.32 bits per heavy atom. The quantitative estimate of drug-likeness (QED) is 0.180. The molecule has 0 heterocycles. The summed E-state index contributed by atoms with van der Waals surface area (Å²) in [5, 5.41) is 2.49. The van der Waals surface area contributed by atoms with Crippen LogP contribution in [0, 0.1) is 0 Å². The fourth-order valence-corrected chi connectivity index (χ4v) is 1.80. The first kappa shape index (κ1) is 25.6. The Labute approximate surface area is 166 Å². The van der Waals surface area contributed by atoms with Gasteiger partial charge >= 0.3 is 18.0 Å². The molecule has 0 aliphatic heterocycles. The molecule has 1 N–H and O–H groups in total. The lowest BCUT2D eigenvalue weighted by molar-refractivity contribution is -0.141. The molecule has 160 valence electrons. The van der Waals surface area contributed by atoms with Gasteiger partial charge in [0.1, 0.15) is 19.3 Å². The molecule has 0 radical (unpaired) electrons. The van der Waals surface area contributed by atoms with Crippen LogP contribution in [0.25, 0.3) is 0 Å². The van der Waals surface area contributed by atoms with E-state index in [1.807, 2.05) is 13.8 Å². The van der Waals surface area contributed by atoms with Crippen molar-refractivity contribution in [2.45, 2.75) is 38.8 Å². The lowest BCUT2D eigenvalue weighted by Crippen LogP contribution is -2.44. The van der Waals surface area contributed by atoms with Crippen molar-refractivity contribution in [1.29, 1.82) is 0 Å². The van der Waals surface area contributed by atoms with E-state index in [2.05, 4.69) is 18.5 Å². The summed E-state index contributed by atoms with van der Waals surface area (Å²) in [4.78, 5) is 34.6. The number of nitrogens with one attached hydrogen (secondary N) is 1. The topological polar surface area (TPSA) is 109 Å². The molecule has 0 atom stereocenters. The third kappa shape index (κ3) is 13.8. The van der Waals surface area contributed by atoms with Crippen molar-refractivity contribution in [3.05, 3.63) is 25.3 Å². The average molecular weight is 401 g/mol. The van der Waals surface area contributed by atoms with E-state index in [1.54, 1.807) is 0 Å². The number of ether oxygens (including phenoxy) is 5. The molecule has 28 heavy (non-hydrogen) atoms. The third-order valence-corrected chi connectivity index (χ3v) is 3.09. The van der Waals surface area contributed by atoms with E-state index in [0.717, 1.165) is 25.0 Å². The molecule has 0 fully saturated rings. The van der Waals surface area contributed by atoms with E-state index >= 15 is 0 Å². The smallest absolute Gasteiger partial charge is 0.408 e. The van der Waals surface area contributed by atoms with Crippen LogP contribution in [0.1, 0.15) is 26.7 Å². The Morgan fingerprint density at radius 3 is 1.71 bits per heavy atom. The Morgan fingerprint density at radius 1 is 0.857 bits per heavy atom. The van der Waals surface area contributed by atoms with Crippen LogP contribution in [-0.2, 0) is 33.3 Å². The van der Waals surface area contributed by atoms with Gasteiger partial charge in [0.15, 0.2) is 6.10 Å². The first-order valence-corrected chi connectivity index (χ1v) is 9.17. The van der Waals surface area contributed by atoms with Crippen molar-refractivity contribution in [2.75, 3.05) is 39.6 Å². The summed E-state index contributed by atoms with van der Waals surface area (Å²) in [6.07, 6.45) is 2.25. The maximum atomic E-state index is 12.2. The minimum atomic E-state index is -0.811. The van der Waals surface area contributed by atoms with Crippen molar-refractivity contribution >= 4 is 18.0 Å². The van der Waals surface area contributed by atoms with Gasteiger partial charge in [0.2, 0.25) is 0 Å². The highest BCUT2D eigenvalue weighted by molar-refractivity contribution is 5.81. The Balaban J connectivity index is 4.70. The third-order valence-electron chi connectivity index (χ3n) is 3.09. The van der Waals surface area contributed by atoms with Gasteiger partial charge in [-0.2, -0.15) is 0 Å². The summed E-state index contributed by atoms with van der Waals surface area (Å²) < 4.78 is 25.9. The summed E-state index contributed by atoms with van der Waals surface area (Å²) in [6.45, 7) is 11.5. The summed E-state index contributed by atoms with van der Waals surface area (Å²) in [5.41, 5.74) is 0. The van der Waals surface area contributed by atoms with Gasteiger partial charge in [-0.15, -0.1) is 0 Å². The van der Waals surface area contributed by atoms with E-state index in [-0.39, 0.29) is 26.4 Å². The Kier molecular flexibility index (Phi) is 15.3. The van der Waals surface area contributed by atoms with E-state index in [1.165, 1.54) is 0 Å².